The molecule has 0 saturated heterocycles. The molecule has 120 valence electrons. The molecule has 0 aliphatic rings. The molecule has 3 rings (SSSR count). The van der Waals surface area contributed by atoms with Gasteiger partial charge in [0.15, 0.2) is 11.3 Å². The Morgan fingerprint density at radius 3 is 2.75 bits per heavy atom. The summed E-state index contributed by atoms with van der Waals surface area (Å²) in [7, 11) is 0. The second kappa shape index (κ2) is 6.76. The van der Waals surface area contributed by atoms with Crippen LogP contribution >= 0.6 is 11.3 Å². The molecule has 24 heavy (non-hydrogen) atoms. The topological polar surface area (TPSA) is 59.1 Å². The number of benzene rings is 2. The summed E-state index contributed by atoms with van der Waals surface area (Å²) >= 11 is 1.33. The average Bonchev–Trinajstić information content (AvgIpc) is 2.97. The quantitative estimate of drug-likeness (QED) is 0.702. The lowest BCUT2D eigenvalue weighted by atomic mass is 10.0. The molecule has 0 radical (unpaired) electrons. The number of hydrogen-bond donors (Lipinski definition) is 1. The van der Waals surface area contributed by atoms with Crippen LogP contribution in [-0.4, -0.2) is 17.2 Å². The van der Waals surface area contributed by atoms with E-state index in [9.17, 15) is 9.59 Å². The summed E-state index contributed by atoms with van der Waals surface area (Å²) in [5, 5.41) is 3.32. The van der Waals surface area contributed by atoms with Crippen molar-refractivity contribution in [1.29, 1.82) is 0 Å². The summed E-state index contributed by atoms with van der Waals surface area (Å²) in [5.41, 5.74) is 3.99. The molecule has 0 unspecified atom stereocenters. The number of hydrogen-bond acceptors (Lipinski definition) is 4. The molecule has 0 aliphatic heterocycles. The molecule has 0 spiro atoms. The monoisotopic (exact) mass is 336 g/mol. The van der Waals surface area contributed by atoms with Crippen molar-refractivity contribution in [2.75, 3.05) is 5.32 Å². The van der Waals surface area contributed by atoms with Gasteiger partial charge in [-0.05, 0) is 49.2 Å². The Morgan fingerprint density at radius 2 is 2.04 bits per heavy atom. The Morgan fingerprint density at radius 1 is 1.21 bits per heavy atom. The van der Waals surface area contributed by atoms with Crippen LogP contribution in [0.2, 0.25) is 0 Å². The molecule has 2 aromatic carbocycles. The largest absolute Gasteiger partial charge is 0.322 e. The second-order valence-corrected chi connectivity index (χ2v) is 6.44. The normalized spacial score (nSPS) is 11.1. The van der Waals surface area contributed by atoms with E-state index >= 15 is 0 Å². The molecule has 5 heteroatoms. The third-order valence-corrected chi connectivity index (χ3v) is 4.58. The number of allylic oxidation sites excluding steroid dienone is 1. The molecule has 0 saturated carbocycles. The Balaban J connectivity index is 1.85. The fraction of sp³-hybridized carbons (Fsp3) is 0.105. The molecule has 0 aliphatic carbocycles. The molecule has 4 nitrogen and oxygen atoms in total. The number of nitrogens with zero attached hydrogens (tertiary/aromatic N) is 1. The van der Waals surface area contributed by atoms with E-state index in [0.717, 1.165) is 22.1 Å². The molecule has 1 N–H and O–H groups in total. The molecule has 1 heterocycles. The van der Waals surface area contributed by atoms with Gasteiger partial charge in [-0.2, -0.15) is 0 Å². The van der Waals surface area contributed by atoms with Gasteiger partial charge in [0.1, 0.15) is 0 Å². The molecule has 0 fully saturated rings. The Labute approximate surface area is 143 Å². The molecule has 0 bridgehead atoms. The van der Waals surface area contributed by atoms with E-state index in [4.69, 9.17) is 0 Å². The highest BCUT2D eigenvalue weighted by atomic mass is 32.1. The van der Waals surface area contributed by atoms with Crippen molar-refractivity contribution in [2.45, 2.75) is 13.8 Å². The number of carbonyl (C=O) groups excluding carboxylic acids is 2. The maximum absolute atomic E-state index is 12.5. The number of thiazole rings is 1. The predicted octanol–water partition coefficient (Wildman–Crippen LogP) is 4.70. The second-order valence-electron chi connectivity index (χ2n) is 5.38. The lowest BCUT2D eigenvalue weighted by Gasteiger charge is -2.08. The third-order valence-electron chi connectivity index (χ3n) is 3.62. The first-order valence-corrected chi connectivity index (χ1v) is 8.33. The predicted molar refractivity (Wildman–Crippen MR) is 98.8 cm³/mol. The first-order valence-electron chi connectivity index (χ1n) is 7.51. The first kappa shape index (κ1) is 16.1. The molecular weight excluding hydrogens is 320 g/mol. The van der Waals surface area contributed by atoms with Crippen molar-refractivity contribution in [1.82, 2.24) is 4.98 Å². The molecule has 1 aromatic heterocycles. The van der Waals surface area contributed by atoms with Crippen molar-refractivity contribution in [3.05, 3.63) is 64.2 Å². The lowest BCUT2D eigenvalue weighted by molar-refractivity contribution is 0.102. The smallest absolute Gasteiger partial charge is 0.255 e. The van der Waals surface area contributed by atoms with Gasteiger partial charge >= 0.3 is 0 Å². The fourth-order valence-electron chi connectivity index (χ4n) is 2.51. The number of aryl methyl sites for hydroxylation is 1. The molecule has 0 atom stereocenters. The maximum Gasteiger partial charge on any atom is 0.255 e. The summed E-state index contributed by atoms with van der Waals surface area (Å²) in [6.07, 6.45) is 4.69. The number of fused-ring (bicyclic) bond motifs is 1. The summed E-state index contributed by atoms with van der Waals surface area (Å²) in [6, 6.07) is 11.2. The van der Waals surface area contributed by atoms with Crippen LogP contribution in [0.3, 0.4) is 0 Å². The number of aldehydes is 1. The van der Waals surface area contributed by atoms with Gasteiger partial charge < -0.3 is 5.32 Å². The number of carbonyl (C=O) groups is 2. The van der Waals surface area contributed by atoms with Crippen LogP contribution in [0.15, 0.2) is 42.5 Å². The highest BCUT2D eigenvalue weighted by molar-refractivity contribution is 7.20. The Bertz CT molecular complexity index is 957. The van der Waals surface area contributed by atoms with Crippen LogP contribution in [0.5, 0.6) is 0 Å². The standard InChI is InChI=1S/C19H16N2O2S/c1-3-4-13-5-7-15(12(2)9-13)19(23)20-14-6-8-17-16(10-14)21-18(11-22)24-17/h3-11H,1-2H3,(H,20,23)/b4-3+. The third kappa shape index (κ3) is 3.26. The van der Waals surface area contributed by atoms with Crippen LogP contribution in [0.4, 0.5) is 5.69 Å². The van der Waals surface area contributed by atoms with E-state index in [1.807, 2.05) is 56.3 Å². The minimum atomic E-state index is -0.162. The highest BCUT2D eigenvalue weighted by Crippen LogP contribution is 2.24. The van der Waals surface area contributed by atoms with E-state index in [1.165, 1.54) is 11.3 Å². The number of aromatic nitrogens is 1. The van der Waals surface area contributed by atoms with Gasteiger partial charge in [-0.25, -0.2) is 4.98 Å². The summed E-state index contributed by atoms with van der Waals surface area (Å²) in [6.45, 7) is 3.88. The minimum Gasteiger partial charge on any atom is -0.322 e. The zero-order valence-corrected chi connectivity index (χ0v) is 14.2. The SMILES string of the molecule is C/C=C/c1ccc(C(=O)Nc2ccc3sc(C=O)nc3c2)c(C)c1. The van der Waals surface area contributed by atoms with Crippen LogP contribution < -0.4 is 5.32 Å². The van der Waals surface area contributed by atoms with Crippen molar-refractivity contribution < 1.29 is 9.59 Å². The number of anilines is 1. The molecule has 3 aromatic rings. The average molecular weight is 336 g/mol. The van der Waals surface area contributed by atoms with Crippen LogP contribution in [-0.2, 0) is 0 Å². The molecule has 1 amide bonds. The zero-order chi connectivity index (χ0) is 17.1. The van der Waals surface area contributed by atoms with Crippen LogP contribution in [0.1, 0.15) is 38.2 Å². The lowest BCUT2D eigenvalue weighted by Crippen LogP contribution is -2.13. The Hall–Kier alpha value is -2.79. The molecular formula is C19H16N2O2S. The van der Waals surface area contributed by atoms with Crippen molar-refractivity contribution in [3.8, 4) is 0 Å². The van der Waals surface area contributed by atoms with Crippen LogP contribution in [0, 0.1) is 6.92 Å². The number of amides is 1. The summed E-state index contributed by atoms with van der Waals surface area (Å²) in [4.78, 5) is 27.5. The maximum atomic E-state index is 12.5. The van der Waals surface area contributed by atoms with Gasteiger partial charge in [0.05, 0.1) is 10.2 Å². The zero-order valence-electron chi connectivity index (χ0n) is 13.4. The van der Waals surface area contributed by atoms with Gasteiger partial charge in [-0.1, -0.05) is 24.3 Å². The highest BCUT2D eigenvalue weighted by Gasteiger charge is 2.11. The summed E-state index contributed by atoms with van der Waals surface area (Å²) < 4.78 is 0.919. The van der Waals surface area contributed by atoms with E-state index in [2.05, 4.69) is 10.3 Å². The van der Waals surface area contributed by atoms with Gasteiger partial charge in [-0.15, -0.1) is 11.3 Å². The van der Waals surface area contributed by atoms with Gasteiger partial charge in [0, 0.05) is 11.3 Å². The first-order chi connectivity index (χ1) is 11.6. The Kier molecular flexibility index (Phi) is 4.53. The van der Waals surface area contributed by atoms with Gasteiger partial charge in [0.25, 0.3) is 5.91 Å². The fourth-order valence-corrected chi connectivity index (χ4v) is 3.27. The van der Waals surface area contributed by atoms with Gasteiger partial charge in [-0.3, -0.25) is 9.59 Å². The van der Waals surface area contributed by atoms with Crippen molar-refractivity contribution in [2.24, 2.45) is 0 Å². The summed E-state index contributed by atoms with van der Waals surface area (Å²) in [5.74, 6) is -0.162. The van der Waals surface area contributed by atoms with Crippen molar-refractivity contribution in [3.63, 3.8) is 0 Å². The van der Waals surface area contributed by atoms with Crippen LogP contribution in [0.25, 0.3) is 16.3 Å². The van der Waals surface area contributed by atoms with Crippen molar-refractivity contribution >= 4 is 45.5 Å². The van der Waals surface area contributed by atoms with E-state index in [-0.39, 0.29) is 5.91 Å². The van der Waals surface area contributed by atoms with Gasteiger partial charge in [0.2, 0.25) is 0 Å². The van der Waals surface area contributed by atoms with E-state index in [1.54, 1.807) is 6.07 Å². The number of nitrogens with one attached hydrogen (secondary N) is 1. The van der Waals surface area contributed by atoms with E-state index in [0.29, 0.717) is 21.8 Å². The number of rotatable bonds is 4. The minimum absolute atomic E-state index is 0.162. The van der Waals surface area contributed by atoms with E-state index < -0.39 is 0 Å².